The first-order valence-corrected chi connectivity index (χ1v) is 4.93. The van der Waals surface area contributed by atoms with Crippen LogP contribution in [-0.2, 0) is 12.8 Å². The first kappa shape index (κ1) is 9.92. The Morgan fingerprint density at radius 3 is 3.07 bits per heavy atom. The van der Waals surface area contributed by atoms with Crippen molar-refractivity contribution >= 4 is 0 Å². The van der Waals surface area contributed by atoms with Gasteiger partial charge in [-0.2, -0.15) is 5.10 Å². The summed E-state index contributed by atoms with van der Waals surface area (Å²) in [5, 5.41) is 10.8. The summed E-state index contributed by atoms with van der Waals surface area (Å²) in [5.74, 6) is 0.854. The van der Waals surface area contributed by atoms with Gasteiger partial charge in [0.2, 0.25) is 0 Å². The molecule has 0 spiro atoms. The fourth-order valence-corrected chi connectivity index (χ4v) is 1.54. The zero-order chi connectivity index (χ0) is 10.7. The van der Waals surface area contributed by atoms with Crippen LogP contribution in [0.3, 0.4) is 0 Å². The van der Waals surface area contributed by atoms with E-state index in [-0.39, 0.29) is 0 Å². The van der Waals surface area contributed by atoms with Gasteiger partial charge in [0.25, 0.3) is 0 Å². The highest BCUT2D eigenvalue weighted by Crippen LogP contribution is 2.13. The standard InChI is InChI=1S/C10H14N4O/c1-7-4-9(15-14-7)5-8-6-12-13-10(8)2-3-11/h4,6H,2-3,5,11H2,1H3,(H,12,13). The number of aryl methyl sites for hydroxylation is 1. The molecule has 5 heteroatoms. The lowest BCUT2D eigenvalue weighted by atomic mass is 10.1. The number of nitrogens with one attached hydrogen (secondary N) is 1. The summed E-state index contributed by atoms with van der Waals surface area (Å²) < 4.78 is 5.15. The molecule has 3 N–H and O–H groups in total. The summed E-state index contributed by atoms with van der Waals surface area (Å²) >= 11 is 0. The molecule has 0 unspecified atom stereocenters. The molecule has 0 atom stereocenters. The number of hydrogen-bond donors (Lipinski definition) is 2. The molecule has 0 aromatic carbocycles. The van der Waals surface area contributed by atoms with E-state index in [1.54, 1.807) is 0 Å². The fraction of sp³-hybridized carbons (Fsp3) is 0.400. The molecule has 0 bridgehead atoms. The van der Waals surface area contributed by atoms with E-state index in [2.05, 4.69) is 15.4 Å². The van der Waals surface area contributed by atoms with Crippen LogP contribution in [-0.4, -0.2) is 21.9 Å². The Morgan fingerprint density at radius 1 is 1.53 bits per heavy atom. The second-order valence-corrected chi connectivity index (χ2v) is 3.52. The lowest BCUT2D eigenvalue weighted by molar-refractivity contribution is 0.385. The molecule has 2 aromatic rings. The van der Waals surface area contributed by atoms with Gasteiger partial charge in [-0.25, -0.2) is 0 Å². The first-order chi connectivity index (χ1) is 7.29. The molecular formula is C10H14N4O. The third-order valence-electron chi connectivity index (χ3n) is 2.24. The summed E-state index contributed by atoms with van der Waals surface area (Å²) in [6.45, 7) is 2.52. The molecule has 2 aromatic heterocycles. The largest absolute Gasteiger partial charge is 0.361 e. The predicted molar refractivity (Wildman–Crippen MR) is 55.4 cm³/mol. The number of nitrogens with zero attached hydrogens (tertiary/aromatic N) is 2. The van der Waals surface area contributed by atoms with Crippen molar-refractivity contribution in [3.63, 3.8) is 0 Å². The monoisotopic (exact) mass is 206 g/mol. The minimum atomic E-state index is 0.616. The average Bonchev–Trinajstić information content (AvgIpc) is 2.78. The van der Waals surface area contributed by atoms with Gasteiger partial charge in [-0.05, 0) is 13.5 Å². The Hall–Kier alpha value is -1.62. The Labute approximate surface area is 87.7 Å². The van der Waals surface area contributed by atoms with Gasteiger partial charge in [0.1, 0.15) is 5.76 Å². The van der Waals surface area contributed by atoms with Crippen molar-refractivity contribution in [2.24, 2.45) is 5.73 Å². The van der Waals surface area contributed by atoms with Crippen molar-refractivity contribution < 1.29 is 4.52 Å². The smallest absolute Gasteiger partial charge is 0.141 e. The Morgan fingerprint density at radius 2 is 2.40 bits per heavy atom. The summed E-state index contributed by atoms with van der Waals surface area (Å²) in [7, 11) is 0. The number of hydrogen-bond acceptors (Lipinski definition) is 4. The highest BCUT2D eigenvalue weighted by molar-refractivity contribution is 5.22. The zero-order valence-electron chi connectivity index (χ0n) is 8.66. The van der Waals surface area contributed by atoms with E-state index < -0.39 is 0 Å². The van der Waals surface area contributed by atoms with Gasteiger partial charge in [-0.3, -0.25) is 5.10 Å². The molecule has 15 heavy (non-hydrogen) atoms. The van der Waals surface area contributed by atoms with Crippen molar-refractivity contribution in [2.45, 2.75) is 19.8 Å². The van der Waals surface area contributed by atoms with Crippen LogP contribution in [0.1, 0.15) is 22.7 Å². The quantitative estimate of drug-likeness (QED) is 0.775. The minimum Gasteiger partial charge on any atom is -0.361 e. The van der Waals surface area contributed by atoms with Gasteiger partial charge in [0.15, 0.2) is 0 Å². The number of aromatic nitrogens is 3. The highest BCUT2D eigenvalue weighted by Gasteiger charge is 2.08. The van der Waals surface area contributed by atoms with Crippen LogP contribution < -0.4 is 5.73 Å². The predicted octanol–water partition coefficient (Wildman–Crippen LogP) is 0.798. The first-order valence-electron chi connectivity index (χ1n) is 4.93. The lowest BCUT2D eigenvalue weighted by Gasteiger charge is -1.97. The van der Waals surface area contributed by atoms with Gasteiger partial charge in [0.05, 0.1) is 11.9 Å². The van der Waals surface area contributed by atoms with Gasteiger partial charge in [-0.1, -0.05) is 5.16 Å². The second kappa shape index (κ2) is 4.27. The van der Waals surface area contributed by atoms with Crippen LogP contribution in [0.15, 0.2) is 16.8 Å². The molecule has 0 saturated heterocycles. The number of H-pyrrole nitrogens is 1. The molecule has 0 amide bonds. The van der Waals surface area contributed by atoms with E-state index in [0.717, 1.165) is 29.1 Å². The summed E-state index contributed by atoms with van der Waals surface area (Å²) in [4.78, 5) is 0. The van der Waals surface area contributed by atoms with E-state index >= 15 is 0 Å². The second-order valence-electron chi connectivity index (χ2n) is 3.52. The molecule has 0 saturated carbocycles. The minimum absolute atomic E-state index is 0.616. The molecular weight excluding hydrogens is 192 g/mol. The van der Waals surface area contributed by atoms with Crippen LogP contribution in [0.2, 0.25) is 0 Å². The maximum Gasteiger partial charge on any atom is 0.141 e. The summed E-state index contributed by atoms with van der Waals surface area (Å²) in [6, 6.07) is 1.93. The van der Waals surface area contributed by atoms with Gasteiger partial charge in [0, 0.05) is 30.2 Å². The van der Waals surface area contributed by atoms with Crippen molar-refractivity contribution in [1.82, 2.24) is 15.4 Å². The van der Waals surface area contributed by atoms with E-state index in [4.69, 9.17) is 10.3 Å². The third-order valence-corrected chi connectivity index (χ3v) is 2.24. The summed E-state index contributed by atoms with van der Waals surface area (Å²) in [6.07, 6.45) is 3.33. The molecule has 2 heterocycles. The normalized spacial score (nSPS) is 10.8. The lowest BCUT2D eigenvalue weighted by Crippen LogP contribution is -2.05. The highest BCUT2D eigenvalue weighted by atomic mass is 16.5. The number of aromatic amines is 1. The molecule has 5 nitrogen and oxygen atoms in total. The van der Waals surface area contributed by atoms with Crippen LogP contribution in [0.4, 0.5) is 0 Å². The van der Waals surface area contributed by atoms with Crippen LogP contribution in [0, 0.1) is 6.92 Å². The Balaban J connectivity index is 2.13. The van der Waals surface area contributed by atoms with Crippen LogP contribution >= 0.6 is 0 Å². The zero-order valence-corrected chi connectivity index (χ0v) is 8.66. The van der Waals surface area contributed by atoms with E-state index in [1.807, 2.05) is 19.2 Å². The molecule has 0 aliphatic rings. The Bertz CT molecular complexity index is 432. The SMILES string of the molecule is Cc1cc(Cc2cn[nH]c2CCN)on1. The van der Waals surface area contributed by atoms with Crippen LogP contribution in [0.25, 0.3) is 0 Å². The van der Waals surface area contributed by atoms with E-state index in [0.29, 0.717) is 13.0 Å². The Kier molecular flexibility index (Phi) is 2.82. The van der Waals surface area contributed by atoms with Gasteiger partial charge >= 0.3 is 0 Å². The third kappa shape index (κ3) is 2.24. The molecule has 0 aliphatic heterocycles. The number of nitrogens with two attached hydrogens (primary N) is 1. The van der Waals surface area contributed by atoms with E-state index in [1.165, 1.54) is 0 Å². The van der Waals surface area contributed by atoms with Crippen molar-refractivity contribution in [3.8, 4) is 0 Å². The summed E-state index contributed by atoms with van der Waals surface area (Å²) in [5.41, 5.74) is 8.60. The number of rotatable bonds is 4. The molecule has 0 fully saturated rings. The maximum absolute atomic E-state index is 5.50. The fourth-order valence-electron chi connectivity index (χ4n) is 1.54. The molecule has 0 radical (unpaired) electrons. The van der Waals surface area contributed by atoms with Gasteiger partial charge in [-0.15, -0.1) is 0 Å². The average molecular weight is 206 g/mol. The van der Waals surface area contributed by atoms with Crippen LogP contribution in [0.5, 0.6) is 0 Å². The van der Waals surface area contributed by atoms with Crippen molar-refractivity contribution in [2.75, 3.05) is 6.54 Å². The van der Waals surface area contributed by atoms with Crippen molar-refractivity contribution in [1.29, 1.82) is 0 Å². The maximum atomic E-state index is 5.50. The van der Waals surface area contributed by atoms with Crippen molar-refractivity contribution in [3.05, 3.63) is 35.0 Å². The van der Waals surface area contributed by atoms with Gasteiger partial charge < -0.3 is 10.3 Å². The molecule has 0 aliphatic carbocycles. The van der Waals surface area contributed by atoms with E-state index in [9.17, 15) is 0 Å². The topological polar surface area (TPSA) is 80.7 Å². The molecule has 80 valence electrons. The molecule has 2 rings (SSSR count).